The van der Waals surface area contributed by atoms with Gasteiger partial charge in [0.1, 0.15) is 6.04 Å². The zero-order chi connectivity index (χ0) is 26.5. The molecule has 36 heavy (non-hydrogen) atoms. The van der Waals surface area contributed by atoms with Crippen molar-refractivity contribution in [1.82, 2.24) is 20.8 Å². The minimum atomic E-state index is -1.05. The maximum Gasteiger partial charge on any atom is 0.268 e. The predicted octanol–water partition coefficient (Wildman–Crippen LogP) is 4.02. The lowest BCUT2D eigenvalue weighted by Gasteiger charge is -2.41. The molecule has 3 amide bonds. The molecule has 1 saturated heterocycles. The van der Waals surface area contributed by atoms with Crippen molar-refractivity contribution in [3.8, 4) is 0 Å². The highest BCUT2D eigenvalue weighted by atomic mass is 16.5. The summed E-state index contributed by atoms with van der Waals surface area (Å²) in [6, 6.07) is 8.59. The first-order chi connectivity index (χ1) is 17.2. The van der Waals surface area contributed by atoms with Crippen LogP contribution >= 0.6 is 0 Å². The molecule has 8 nitrogen and oxygen atoms in total. The summed E-state index contributed by atoms with van der Waals surface area (Å²) in [4.78, 5) is 40.1. The monoisotopic (exact) mass is 500 g/mol. The molecule has 0 saturated carbocycles. The van der Waals surface area contributed by atoms with E-state index in [0.717, 1.165) is 31.5 Å². The number of amides is 3. The van der Waals surface area contributed by atoms with E-state index in [2.05, 4.69) is 5.32 Å². The molecule has 1 aliphatic rings. The number of hydrogen-bond acceptors (Lipinski definition) is 5. The van der Waals surface area contributed by atoms with Crippen molar-refractivity contribution in [2.45, 2.75) is 72.3 Å². The molecule has 1 atom stereocenters. The molecule has 0 radical (unpaired) electrons. The van der Waals surface area contributed by atoms with Crippen molar-refractivity contribution in [3.05, 3.63) is 42.0 Å². The molecule has 1 heterocycles. The van der Waals surface area contributed by atoms with E-state index < -0.39 is 11.9 Å². The van der Waals surface area contributed by atoms with E-state index in [4.69, 9.17) is 0 Å². The Morgan fingerprint density at radius 1 is 1.06 bits per heavy atom. The number of hydroxylamine groups is 1. The molecular formula is C28H44N4O4. The Morgan fingerprint density at radius 3 is 2.31 bits per heavy atom. The fraction of sp³-hybridized carbons (Fsp3) is 0.607. The molecule has 1 aromatic carbocycles. The number of carbonyl (C=O) groups excluding carboxylic acids is 3. The molecule has 2 rings (SSSR count). The maximum atomic E-state index is 13.6. The van der Waals surface area contributed by atoms with E-state index in [9.17, 15) is 19.6 Å². The second-order valence-electron chi connectivity index (χ2n) is 10.5. The number of nitrogens with zero attached hydrogens (tertiary/aromatic N) is 2. The third kappa shape index (κ3) is 9.74. The summed E-state index contributed by atoms with van der Waals surface area (Å²) in [6.45, 7) is 10.1. The first-order valence-corrected chi connectivity index (χ1v) is 13.2. The average Bonchev–Trinajstić information content (AvgIpc) is 2.86. The van der Waals surface area contributed by atoms with E-state index >= 15 is 0 Å². The number of hydrazine groups is 1. The molecule has 0 spiro atoms. The lowest BCUT2D eigenvalue weighted by atomic mass is 9.94. The van der Waals surface area contributed by atoms with Gasteiger partial charge in [-0.1, -0.05) is 70.2 Å². The Hall–Kier alpha value is -2.71. The second-order valence-corrected chi connectivity index (χ2v) is 10.5. The third-order valence-corrected chi connectivity index (χ3v) is 6.38. The summed E-state index contributed by atoms with van der Waals surface area (Å²) in [5.41, 5.74) is 2.69. The first kappa shape index (κ1) is 29.5. The smallest absolute Gasteiger partial charge is 0.268 e. The first-order valence-electron chi connectivity index (χ1n) is 13.2. The quantitative estimate of drug-likeness (QED) is 0.297. The lowest BCUT2D eigenvalue weighted by Crippen LogP contribution is -2.59. The van der Waals surface area contributed by atoms with Crippen molar-refractivity contribution in [2.75, 3.05) is 19.6 Å². The molecule has 0 bridgehead atoms. The zero-order valence-corrected chi connectivity index (χ0v) is 22.3. The van der Waals surface area contributed by atoms with Crippen LogP contribution in [-0.2, 0) is 14.4 Å². The van der Waals surface area contributed by atoms with Gasteiger partial charge >= 0.3 is 0 Å². The van der Waals surface area contributed by atoms with Crippen LogP contribution in [0.1, 0.15) is 71.8 Å². The van der Waals surface area contributed by atoms with Crippen molar-refractivity contribution in [2.24, 2.45) is 17.8 Å². The Balaban J connectivity index is 2.38. The fourth-order valence-electron chi connectivity index (χ4n) is 4.39. The summed E-state index contributed by atoms with van der Waals surface area (Å²) < 4.78 is 0. The number of rotatable bonds is 12. The Kier molecular flexibility index (Phi) is 12.6. The summed E-state index contributed by atoms with van der Waals surface area (Å²) in [7, 11) is 0. The van der Waals surface area contributed by atoms with Gasteiger partial charge in [0, 0.05) is 19.4 Å². The lowest BCUT2D eigenvalue weighted by molar-refractivity contribution is -0.176. The van der Waals surface area contributed by atoms with Gasteiger partial charge in [0.25, 0.3) is 5.91 Å². The Morgan fingerprint density at radius 2 is 1.72 bits per heavy atom. The third-order valence-electron chi connectivity index (χ3n) is 6.38. The van der Waals surface area contributed by atoms with Gasteiger partial charge in [-0.3, -0.25) is 24.6 Å². The van der Waals surface area contributed by atoms with Gasteiger partial charge in [0.15, 0.2) is 0 Å². The van der Waals surface area contributed by atoms with Crippen LogP contribution < -0.4 is 10.8 Å². The van der Waals surface area contributed by atoms with Crippen molar-refractivity contribution in [1.29, 1.82) is 0 Å². The standard InChI is InChI=1S/C28H44N4O4/c1-21(2)13-14-26(33)32(25(28(35)30-36)12-8-11-23-9-6-5-7-10-23)31(20-22(3)4)27(34)19-24-15-17-29-18-16-24/h5-11,21-22,24-25,29,36H,12-20H2,1-4H3,(H,30,35)/t25-/m0/s1. The van der Waals surface area contributed by atoms with Gasteiger partial charge in [-0.2, -0.15) is 0 Å². The SMILES string of the molecule is CC(C)CCC(=O)N([C@@H](CC=Cc1ccccc1)C(=O)NO)N(CC(C)C)C(=O)CC1CCNCC1. The molecule has 8 heteroatoms. The molecule has 0 unspecified atom stereocenters. The highest BCUT2D eigenvalue weighted by Crippen LogP contribution is 2.22. The fourth-order valence-corrected chi connectivity index (χ4v) is 4.39. The van der Waals surface area contributed by atoms with Crippen LogP contribution in [0, 0.1) is 17.8 Å². The van der Waals surface area contributed by atoms with Gasteiger partial charge < -0.3 is 5.32 Å². The minimum Gasteiger partial charge on any atom is -0.317 e. The summed E-state index contributed by atoms with van der Waals surface area (Å²) in [5, 5.41) is 15.7. The molecule has 0 aliphatic carbocycles. The minimum absolute atomic E-state index is 0.0834. The van der Waals surface area contributed by atoms with Gasteiger partial charge in [-0.05, 0) is 62.1 Å². The van der Waals surface area contributed by atoms with Crippen LogP contribution in [0.15, 0.2) is 36.4 Å². The van der Waals surface area contributed by atoms with Crippen LogP contribution in [0.3, 0.4) is 0 Å². The number of hydrogen-bond donors (Lipinski definition) is 3. The van der Waals surface area contributed by atoms with Crippen LogP contribution in [0.5, 0.6) is 0 Å². The highest BCUT2D eigenvalue weighted by molar-refractivity contribution is 5.89. The Labute approximate surface area is 216 Å². The van der Waals surface area contributed by atoms with Gasteiger partial charge in [0.2, 0.25) is 11.8 Å². The van der Waals surface area contributed by atoms with E-state index in [1.807, 2.05) is 70.2 Å². The van der Waals surface area contributed by atoms with E-state index in [1.54, 1.807) is 5.48 Å². The zero-order valence-electron chi connectivity index (χ0n) is 22.3. The van der Waals surface area contributed by atoms with E-state index in [0.29, 0.717) is 25.3 Å². The largest absolute Gasteiger partial charge is 0.317 e. The van der Waals surface area contributed by atoms with Gasteiger partial charge in [0.05, 0.1) is 0 Å². The number of piperidine rings is 1. The molecule has 200 valence electrons. The van der Waals surface area contributed by atoms with Gasteiger partial charge in [-0.15, -0.1) is 0 Å². The molecule has 1 fully saturated rings. The van der Waals surface area contributed by atoms with Crippen LogP contribution in [0.25, 0.3) is 6.08 Å². The molecular weight excluding hydrogens is 456 g/mol. The van der Waals surface area contributed by atoms with Crippen molar-refractivity contribution >= 4 is 23.8 Å². The average molecular weight is 501 g/mol. The Bertz CT molecular complexity index is 850. The van der Waals surface area contributed by atoms with Crippen LogP contribution in [0.2, 0.25) is 0 Å². The molecule has 1 aromatic rings. The topological polar surface area (TPSA) is 102 Å². The summed E-state index contributed by atoms with van der Waals surface area (Å²) in [5.74, 6) is -0.540. The summed E-state index contributed by atoms with van der Waals surface area (Å²) in [6.07, 6.45) is 6.83. The number of benzene rings is 1. The predicted molar refractivity (Wildman–Crippen MR) is 141 cm³/mol. The number of carbonyl (C=O) groups is 3. The van der Waals surface area contributed by atoms with Gasteiger partial charge in [-0.25, -0.2) is 10.5 Å². The number of nitrogens with one attached hydrogen (secondary N) is 2. The summed E-state index contributed by atoms with van der Waals surface area (Å²) >= 11 is 0. The van der Waals surface area contributed by atoms with Crippen LogP contribution in [-0.4, -0.2) is 58.6 Å². The van der Waals surface area contributed by atoms with E-state index in [-0.39, 0.29) is 36.5 Å². The molecule has 0 aromatic heterocycles. The highest BCUT2D eigenvalue weighted by Gasteiger charge is 2.37. The van der Waals surface area contributed by atoms with Crippen LogP contribution in [0.4, 0.5) is 0 Å². The van der Waals surface area contributed by atoms with E-state index in [1.165, 1.54) is 10.0 Å². The molecule has 3 N–H and O–H groups in total. The maximum absolute atomic E-state index is 13.6. The van der Waals surface area contributed by atoms with Crippen molar-refractivity contribution < 1.29 is 19.6 Å². The molecule has 1 aliphatic heterocycles. The van der Waals surface area contributed by atoms with Crippen molar-refractivity contribution in [3.63, 3.8) is 0 Å². The normalized spacial score (nSPS) is 15.3. The second kappa shape index (κ2) is 15.4.